The lowest BCUT2D eigenvalue weighted by Gasteiger charge is -2.36. The fourth-order valence-corrected chi connectivity index (χ4v) is 6.88. The number of fused-ring (bicyclic) bond motifs is 2. The van der Waals surface area contributed by atoms with E-state index in [-0.39, 0.29) is 6.03 Å². The molecular weight excluding hydrogens is 568 g/mol. The van der Waals surface area contributed by atoms with Crippen molar-refractivity contribution in [1.82, 2.24) is 9.80 Å². The number of carbonyl (C=O) groups is 1. The summed E-state index contributed by atoms with van der Waals surface area (Å²) in [5.41, 5.74) is 3.94. The molecule has 4 atom stereocenters. The second-order valence-corrected chi connectivity index (χ2v) is 12.4. The van der Waals surface area contributed by atoms with Crippen LogP contribution in [0.1, 0.15) is 22.3 Å². The maximum atomic E-state index is 14.9. The number of urea groups is 1. The number of aliphatic hydroxyl groups excluding tert-OH is 2. The van der Waals surface area contributed by atoms with Crippen molar-refractivity contribution in [3.05, 3.63) is 168 Å². The van der Waals surface area contributed by atoms with Crippen molar-refractivity contribution in [2.45, 2.75) is 50.2 Å². The molecule has 0 unspecified atom stereocenters. The molecule has 1 fully saturated rings. The molecule has 5 heteroatoms. The maximum absolute atomic E-state index is 14.9. The number of rotatable bonds is 8. The largest absolute Gasteiger partial charge is 0.388 e. The van der Waals surface area contributed by atoms with Crippen LogP contribution in [0.3, 0.4) is 0 Å². The number of benzene rings is 6. The van der Waals surface area contributed by atoms with Gasteiger partial charge < -0.3 is 20.0 Å². The Hall–Kier alpha value is -4.97. The van der Waals surface area contributed by atoms with E-state index in [9.17, 15) is 15.0 Å². The van der Waals surface area contributed by atoms with Gasteiger partial charge in [-0.3, -0.25) is 0 Å². The van der Waals surface area contributed by atoms with Gasteiger partial charge in [0.15, 0.2) is 0 Å². The Morgan fingerprint density at radius 2 is 0.804 bits per heavy atom. The molecule has 0 aliphatic carbocycles. The van der Waals surface area contributed by atoms with Crippen LogP contribution in [-0.4, -0.2) is 50.3 Å². The van der Waals surface area contributed by atoms with E-state index in [4.69, 9.17) is 0 Å². The van der Waals surface area contributed by atoms with Gasteiger partial charge >= 0.3 is 6.03 Å². The van der Waals surface area contributed by atoms with Crippen LogP contribution < -0.4 is 0 Å². The first-order valence-electron chi connectivity index (χ1n) is 16.0. The lowest BCUT2D eigenvalue weighted by molar-refractivity contribution is -0.0408. The van der Waals surface area contributed by atoms with Crippen LogP contribution in [0, 0.1) is 0 Å². The SMILES string of the molecule is O=C1N(Cc2ccccc2)[C@H](Cc2ccc3ccccc3c2)[C@H](O)[C@@H](O)[C@@H](Cc2ccc3ccccc3c2)N1Cc1ccccc1. The summed E-state index contributed by atoms with van der Waals surface area (Å²) in [6, 6.07) is 47.2. The standard InChI is InChI=1S/C41H38N2O3/c44-39-37(25-31-19-21-33-15-7-9-17-35(33)23-31)42(27-29-11-3-1-4-12-29)41(46)43(28-30-13-5-2-6-14-30)38(40(39)45)26-32-20-22-34-16-8-10-18-36(34)24-32/h1-24,37-40,44-45H,25-28H2/t37-,38-,39+,40+/m1/s1. The zero-order chi connectivity index (χ0) is 31.5. The van der Waals surface area contributed by atoms with E-state index < -0.39 is 24.3 Å². The predicted molar refractivity (Wildman–Crippen MR) is 184 cm³/mol. The number of hydrogen-bond donors (Lipinski definition) is 2. The Morgan fingerprint density at radius 3 is 1.22 bits per heavy atom. The average Bonchev–Trinajstić information content (AvgIpc) is 3.16. The molecule has 0 saturated carbocycles. The number of aliphatic hydroxyl groups is 2. The van der Waals surface area contributed by atoms with Gasteiger partial charge in [0, 0.05) is 13.1 Å². The minimum absolute atomic E-state index is 0.195. The third-order valence-corrected chi connectivity index (χ3v) is 9.34. The van der Waals surface area contributed by atoms with E-state index in [2.05, 4.69) is 60.7 Å². The molecule has 0 bridgehead atoms. The van der Waals surface area contributed by atoms with Crippen LogP contribution in [0.15, 0.2) is 146 Å². The zero-order valence-corrected chi connectivity index (χ0v) is 25.7. The van der Waals surface area contributed by atoms with Gasteiger partial charge in [0.1, 0.15) is 12.2 Å². The van der Waals surface area contributed by atoms with E-state index in [1.54, 1.807) is 9.80 Å². The highest BCUT2D eigenvalue weighted by atomic mass is 16.3. The van der Waals surface area contributed by atoms with Crippen LogP contribution in [0.2, 0.25) is 0 Å². The summed E-state index contributed by atoms with van der Waals surface area (Å²) in [6.07, 6.45) is -1.54. The maximum Gasteiger partial charge on any atom is 0.321 e. The van der Waals surface area contributed by atoms with Gasteiger partial charge in [-0.05, 0) is 56.6 Å². The normalized spacial score (nSPS) is 20.3. The Labute approximate surface area is 270 Å². The van der Waals surface area contributed by atoms with Crippen LogP contribution in [0.25, 0.3) is 21.5 Å². The Balaban J connectivity index is 1.31. The van der Waals surface area contributed by atoms with Gasteiger partial charge in [-0.25, -0.2) is 4.79 Å². The molecule has 5 nitrogen and oxygen atoms in total. The molecule has 7 rings (SSSR count). The minimum Gasteiger partial charge on any atom is -0.388 e. The van der Waals surface area contributed by atoms with Crippen molar-refractivity contribution in [1.29, 1.82) is 0 Å². The topological polar surface area (TPSA) is 64.0 Å². The van der Waals surface area contributed by atoms with E-state index in [1.807, 2.05) is 84.9 Å². The third-order valence-electron chi connectivity index (χ3n) is 9.34. The van der Waals surface area contributed by atoms with Gasteiger partial charge in [-0.1, -0.05) is 146 Å². The van der Waals surface area contributed by atoms with Crippen molar-refractivity contribution in [3.63, 3.8) is 0 Å². The van der Waals surface area contributed by atoms with Crippen molar-refractivity contribution >= 4 is 27.6 Å². The monoisotopic (exact) mass is 606 g/mol. The lowest BCUT2D eigenvalue weighted by atomic mass is 9.90. The number of hydrogen-bond acceptors (Lipinski definition) is 3. The van der Waals surface area contributed by atoms with E-state index in [0.717, 1.165) is 43.8 Å². The molecule has 230 valence electrons. The predicted octanol–water partition coefficient (Wildman–Crippen LogP) is 7.38. The second-order valence-electron chi connectivity index (χ2n) is 12.4. The fraction of sp³-hybridized carbons (Fsp3) is 0.195. The molecule has 1 saturated heterocycles. The first-order chi connectivity index (χ1) is 22.5. The van der Waals surface area contributed by atoms with Crippen LogP contribution in [0.5, 0.6) is 0 Å². The van der Waals surface area contributed by atoms with E-state index >= 15 is 0 Å². The molecule has 0 radical (unpaired) electrons. The van der Waals surface area contributed by atoms with Crippen LogP contribution in [0.4, 0.5) is 4.79 Å². The number of carbonyl (C=O) groups excluding carboxylic acids is 1. The van der Waals surface area contributed by atoms with E-state index in [0.29, 0.717) is 25.9 Å². The fourth-order valence-electron chi connectivity index (χ4n) is 6.88. The molecule has 1 heterocycles. The Kier molecular flexibility index (Phi) is 8.51. The molecule has 0 aromatic heterocycles. The molecular formula is C41H38N2O3. The van der Waals surface area contributed by atoms with Gasteiger partial charge in [0.05, 0.1) is 12.1 Å². The molecule has 6 aromatic rings. The van der Waals surface area contributed by atoms with Gasteiger partial charge in [-0.2, -0.15) is 0 Å². The summed E-state index contributed by atoms with van der Waals surface area (Å²) in [4.78, 5) is 18.5. The molecule has 2 amide bonds. The molecule has 1 aliphatic heterocycles. The molecule has 0 spiro atoms. The van der Waals surface area contributed by atoms with Gasteiger partial charge in [0.25, 0.3) is 0 Å². The second kappa shape index (κ2) is 13.2. The van der Waals surface area contributed by atoms with Crippen molar-refractivity contribution < 1.29 is 15.0 Å². The quantitative estimate of drug-likeness (QED) is 0.190. The van der Waals surface area contributed by atoms with Crippen LogP contribution in [-0.2, 0) is 25.9 Å². The molecule has 2 N–H and O–H groups in total. The summed E-state index contributed by atoms with van der Waals surface area (Å²) in [5, 5.41) is 28.7. The summed E-state index contributed by atoms with van der Waals surface area (Å²) in [5.74, 6) is 0. The third kappa shape index (κ3) is 6.25. The summed E-state index contributed by atoms with van der Waals surface area (Å²) >= 11 is 0. The lowest BCUT2D eigenvalue weighted by Crippen LogP contribution is -2.50. The van der Waals surface area contributed by atoms with Crippen molar-refractivity contribution in [3.8, 4) is 0 Å². The number of amides is 2. The van der Waals surface area contributed by atoms with Gasteiger partial charge in [-0.15, -0.1) is 0 Å². The smallest absolute Gasteiger partial charge is 0.321 e. The zero-order valence-electron chi connectivity index (χ0n) is 25.7. The Bertz CT molecular complexity index is 1800. The van der Waals surface area contributed by atoms with Crippen LogP contribution >= 0.6 is 0 Å². The highest BCUT2D eigenvalue weighted by Crippen LogP contribution is 2.31. The average molecular weight is 607 g/mol. The highest BCUT2D eigenvalue weighted by molar-refractivity contribution is 5.84. The summed E-state index contributed by atoms with van der Waals surface area (Å²) in [7, 11) is 0. The van der Waals surface area contributed by atoms with Gasteiger partial charge in [0.2, 0.25) is 0 Å². The van der Waals surface area contributed by atoms with Crippen molar-refractivity contribution in [2.75, 3.05) is 0 Å². The number of nitrogens with zero attached hydrogens (tertiary/aromatic N) is 2. The first kappa shape index (κ1) is 29.7. The first-order valence-corrected chi connectivity index (χ1v) is 16.0. The highest BCUT2D eigenvalue weighted by Gasteiger charge is 2.46. The molecule has 1 aliphatic rings. The Morgan fingerprint density at radius 1 is 0.435 bits per heavy atom. The minimum atomic E-state index is -1.18. The van der Waals surface area contributed by atoms with E-state index in [1.165, 1.54) is 0 Å². The molecule has 46 heavy (non-hydrogen) atoms. The summed E-state index contributed by atoms with van der Waals surface area (Å²) < 4.78 is 0. The molecule has 6 aromatic carbocycles. The summed E-state index contributed by atoms with van der Waals surface area (Å²) in [6.45, 7) is 0.630. The van der Waals surface area contributed by atoms with Crippen molar-refractivity contribution in [2.24, 2.45) is 0 Å².